The molecular formula is C26H29N3O4. The molecule has 0 unspecified atom stereocenters. The van der Waals surface area contributed by atoms with Crippen LogP contribution < -0.4 is 16.0 Å². The van der Waals surface area contributed by atoms with E-state index in [1.54, 1.807) is 7.11 Å². The summed E-state index contributed by atoms with van der Waals surface area (Å²) in [5.74, 6) is 0.550. The predicted molar refractivity (Wildman–Crippen MR) is 126 cm³/mol. The van der Waals surface area contributed by atoms with Crippen LogP contribution >= 0.6 is 0 Å². The van der Waals surface area contributed by atoms with Gasteiger partial charge in [0.05, 0.1) is 19.7 Å². The number of rotatable bonds is 6. The fourth-order valence-corrected chi connectivity index (χ4v) is 4.41. The van der Waals surface area contributed by atoms with Gasteiger partial charge in [0.15, 0.2) is 0 Å². The highest BCUT2D eigenvalue weighted by atomic mass is 16.5. The van der Waals surface area contributed by atoms with Gasteiger partial charge in [-0.15, -0.1) is 0 Å². The van der Waals surface area contributed by atoms with Crippen LogP contribution in [-0.4, -0.2) is 33.6 Å². The Balaban J connectivity index is 1.59. The summed E-state index contributed by atoms with van der Waals surface area (Å²) in [5, 5.41) is 0. The third-order valence-electron chi connectivity index (χ3n) is 6.20. The molecule has 4 rings (SSSR count). The van der Waals surface area contributed by atoms with Gasteiger partial charge < -0.3 is 9.64 Å². The number of methoxy groups -OCH3 is 1. The second-order valence-corrected chi connectivity index (χ2v) is 8.36. The maximum atomic E-state index is 13.4. The summed E-state index contributed by atoms with van der Waals surface area (Å²) >= 11 is 0. The molecule has 2 heterocycles. The van der Waals surface area contributed by atoms with Gasteiger partial charge in [-0.25, -0.2) is 4.79 Å². The minimum absolute atomic E-state index is 0.0862. The first-order valence-electron chi connectivity index (χ1n) is 11.3. The van der Waals surface area contributed by atoms with E-state index in [1.165, 1.54) is 16.8 Å². The van der Waals surface area contributed by atoms with E-state index in [0.29, 0.717) is 13.1 Å². The number of carbonyl (C=O) groups excluding carboxylic acids is 1. The third kappa shape index (κ3) is 5.25. The highest BCUT2D eigenvalue weighted by Gasteiger charge is 2.27. The van der Waals surface area contributed by atoms with Crippen molar-refractivity contribution in [3.05, 3.63) is 98.8 Å². The smallest absolute Gasteiger partial charge is 0.331 e. The molecule has 33 heavy (non-hydrogen) atoms. The molecule has 0 saturated carbocycles. The highest BCUT2D eigenvalue weighted by molar-refractivity contribution is 5.76. The molecule has 3 aromatic rings. The first-order chi connectivity index (χ1) is 16.1. The van der Waals surface area contributed by atoms with Gasteiger partial charge in [-0.05, 0) is 36.1 Å². The van der Waals surface area contributed by atoms with E-state index in [4.69, 9.17) is 4.74 Å². The summed E-state index contributed by atoms with van der Waals surface area (Å²) in [4.78, 5) is 40.8. The van der Waals surface area contributed by atoms with Crippen LogP contribution in [0.15, 0.2) is 76.4 Å². The number of likely N-dealkylation sites (tertiary alicyclic amines) is 1. The largest absolute Gasteiger partial charge is 0.497 e. The van der Waals surface area contributed by atoms with E-state index in [1.807, 2.05) is 59.5 Å². The van der Waals surface area contributed by atoms with E-state index >= 15 is 0 Å². The lowest BCUT2D eigenvalue weighted by Crippen LogP contribution is -2.45. The number of ether oxygens (including phenoxy) is 1. The average molecular weight is 448 g/mol. The Labute approximate surface area is 192 Å². The van der Waals surface area contributed by atoms with Crippen molar-refractivity contribution in [2.75, 3.05) is 13.7 Å². The van der Waals surface area contributed by atoms with Gasteiger partial charge >= 0.3 is 5.69 Å². The second-order valence-electron chi connectivity index (χ2n) is 8.36. The SMILES string of the molecule is COc1ccc([C@@H]2CCCCCN2C(=O)Cn2c(=O)ccn(Cc3ccccc3)c2=O)cc1. The molecule has 1 aliphatic rings. The molecular weight excluding hydrogens is 418 g/mol. The molecule has 1 aromatic heterocycles. The van der Waals surface area contributed by atoms with Crippen LogP contribution in [0.2, 0.25) is 0 Å². The molecule has 0 N–H and O–H groups in total. The second kappa shape index (κ2) is 10.3. The Morgan fingerprint density at radius 1 is 0.970 bits per heavy atom. The van der Waals surface area contributed by atoms with Gasteiger partial charge in [0, 0.05) is 18.8 Å². The number of amides is 1. The topological polar surface area (TPSA) is 73.5 Å². The van der Waals surface area contributed by atoms with Crippen LogP contribution in [0.5, 0.6) is 5.75 Å². The molecule has 0 radical (unpaired) electrons. The van der Waals surface area contributed by atoms with Crippen molar-refractivity contribution in [3.8, 4) is 5.75 Å². The van der Waals surface area contributed by atoms with Gasteiger partial charge in [-0.3, -0.25) is 18.7 Å². The summed E-state index contributed by atoms with van der Waals surface area (Å²) in [6, 6.07) is 18.6. The molecule has 1 saturated heterocycles. The Bertz CT molecular complexity index is 1200. The lowest BCUT2D eigenvalue weighted by atomic mass is 10.0. The molecule has 2 aromatic carbocycles. The maximum Gasteiger partial charge on any atom is 0.331 e. The predicted octanol–water partition coefficient (Wildman–Crippen LogP) is 3.21. The quantitative estimate of drug-likeness (QED) is 0.582. The molecule has 7 heteroatoms. The molecule has 0 bridgehead atoms. The lowest BCUT2D eigenvalue weighted by molar-refractivity contribution is -0.134. The van der Waals surface area contributed by atoms with E-state index in [-0.39, 0.29) is 18.5 Å². The van der Waals surface area contributed by atoms with Crippen molar-refractivity contribution in [2.24, 2.45) is 0 Å². The molecule has 1 amide bonds. The Morgan fingerprint density at radius 3 is 2.45 bits per heavy atom. The highest BCUT2D eigenvalue weighted by Crippen LogP contribution is 2.31. The normalized spacial score (nSPS) is 16.3. The molecule has 172 valence electrons. The number of hydrogen-bond acceptors (Lipinski definition) is 4. The number of hydrogen-bond donors (Lipinski definition) is 0. The minimum atomic E-state index is -0.476. The van der Waals surface area contributed by atoms with Crippen LogP contribution in [0.25, 0.3) is 0 Å². The van der Waals surface area contributed by atoms with Crippen LogP contribution in [-0.2, 0) is 17.9 Å². The number of benzene rings is 2. The zero-order chi connectivity index (χ0) is 23.2. The zero-order valence-electron chi connectivity index (χ0n) is 18.9. The maximum absolute atomic E-state index is 13.4. The standard InChI is InChI=1S/C26H29N3O4/c1-33-22-13-11-21(12-14-22)23-10-6-3-7-16-28(23)25(31)19-29-24(30)15-17-27(26(29)32)18-20-8-4-2-5-9-20/h2,4-5,8-9,11-15,17,23H,3,6-7,10,16,18-19H2,1H3/t23-/m0/s1. The number of nitrogens with zero attached hydrogens (tertiary/aromatic N) is 3. The first kappa shape index (κ1) is 22.6. The summed E-state index contributed by atoms with van der Waals surface area (Å²) in [6.07, 6.45) is 5.31. The summed E-state index contributed by atoms with van der Waals surface area (Å²) < 4.78 is 7.77. The summed E-state index contributed by atoms with van der Waals surface area (Å²) in [7, 11) is 1.62. The number of aromatic nitrogens is 2. The zero-order valence-corrected chi connectivity index (χ0v) is 18.9. The van der Waals surface area contributed by atoms with Crippen LogP contribution in [0.3, 0.4) is 0 Å². The molecule has 1 atom stereocenters. The third-order valence-corrected chi connectivity index (χ3v) is 6.20. The van der Waals surface area contributed by atoms with Gasteiger partial charge in [0.25, 0.3) is 5.56 Å². The van der Waals surface area contributed by atoms with E-state index in [9.17, 15) is 14.4 Å². The van der Waals surface area contributed by atoms with Gasteiger partial charge in [-0.1, -0.05) is 55.3 Å². The fourth-order valence-electron chi connectivity index (χ4n) is 4.41. The summed E-state index contributed by atoms with van der Waals surface area (Å²) in [6.45, 7) is 0.682. The fraction of sp³-hybridized carbons (Fsp3) is 0.346. The molecule has 0 spiro atoms. The van der Waals surface area contributed by atoms with Crippen molar-refractivity contribution < 1.29 is 9.53 Å². The molecule has 0 aliphatic carbocycles. The van der Waals surface area contributed by atoms with Crippen molar-refractivity contribution in [1.82, 2.24) is 14.0 Å². The van der Waals surface area contributed by atoms with Crippen LogP contribution in [0.1, 0.15) is 42.9 Å². The summed E-state index contributed by atoms with van der Waals surface area (Å²) in [5.41, 5.74) is 1.04. The van der Waals surface area contributed by atoms with Gasteiger partial charge in [0.1, 0.15) is 12.3 Å². The molecule has 7 nitrogen and oxygen atoms in total. The van der Waals surface area contributed by atoms with E-state index < -0.39 is 11.2 Å². The van der Waals surface area contributed by atoms with E-state index in [0.717, 1.165) is 47.1 Å². The first-order valence-corrected chi connectivity index (χ1v) is 11.3. The van der Waals surface area contributed by atoms with Crippen molar-refractivity contribution in [1.29, 1.82) is 0 Å². The average Bonchev–Trinajstić information content (AvgIpc) is 3.10. The van der Waals surface area contributed by atoms with Crippen molar-refractivity contribution >= 4 is 5.91 Å². The number of carbonyl (C=O) groups is 1. The van der Waals surface area contributed by atoms with Crippen molar-refractivity contribution in [2.45, 2.75) is 44.8 Å². The monoisotopic (exact) mass is 447 g/mol. The molecule has 1 aliphatic heterocycles. The van der Waals surface area contributed by atoms with Crippen LogP contribution in [0.4, 0.5) is 0 Å². The van der Waals surface area contributed by atoms with E-state index in [2.05, 4.69) is 0 Å². The Kier molecular flexibility index (Phi) is 7.07. The minimum Gasteiger partial charge on any atom is -0.497 e. The Morgan fingerprint density at radius 2 is 1.73 bits per heavy atom. The van der Waals surface area contributed by atoms with Gasteiger partial charge in [-0.2, -0.15) is 0 Å². The lowest BCUT2D eigenvalue weighted by Gasteiger charge is -2.31. The van der Waals surface area contributed by atoms with Crippen molar-refractivity contribution in [3.63, 3.8) is 0 Å². The Hall–Kier alpha value is -3.61. The van der Waals surface area contributed by atoms with Gasteiger partial charge in [0.2, 0.25) is 5.91 Å². The molecule has 1 fully saturated rings. The van der Waals surface area contributed by atoms with Crippen LogP contribution in [0, 0.1) is 0 Å².